The van der Waals surface area contributed by atoms with Crippen molar-refractivity contribution in [3.05, 3.63) is 41.1 Å². The molecule has 0 aliphatic rings. The molecule has 0 aromatic heterocycles. The van der Waals surface area contributed by atoms with Gasteiger partial charge < -0.3 is 10.6 Å². The van der Waals surface area contributed by atoms with Gasteiger partial charge in [-0.05, 0) is 32.9 Å². The van der Waals surface area contributed by atoms with Crippen molar-refractivity contribution in [1.82, 2.24) is 5.32 Å². The van der Waals surface area contributed by atoms with Crippen molar-refractivity contribution < 1.29 is 4.79 Å². The first-order valence-corrected chi connectivity index (χ1v) is 6.15. The average molecular weight is 278 g/mol. The zero-order valence-corrected chi connectivity index (χ0v) is 11.9. The summed E-state index contributed by atoms with van der Waals surface area (Å²) in [5, 5.41) is 15.0. The van der Waals surface area contributed by atoms with Crippen LogP contribution in [0.25, 0.3) is 0 Å². The minimum Gasteiger partial charge on any atom is -0.385 e. The zero-order chi connectivity index (χ0) is 14.5. The summed E-state index contributed by atoms with van der Waals surface area (Å²) in [5.41, 5.74) is 0.258. The molecule has 0 heterocycles. The van der Waals surface area contributed by atoms with Crippen LogP contribution < -0.4 is 10.6 Å². The van der Waals surface area contributed by atoms with Crippen molar-refractivity contribution in [1.29, 1.82) is 5.26 Å². The molecule has 0 unspecified atom stereocenters. The van der Waals surface area contributed by atoms with Gasteiger partial charge in [0.15, 0.2) is 0 Å². The van der Waals surface area contributed by atoms with E-state index >= 15 is 0 Å². The molecule has 1 aromatic rings. The van der Waals surface area contributed by atoms with Gasteiger partial charge in [-0.2, -0.15) is 5.26 Å². The summed E-state index contributed by atoms with van der Waals surface area (Å²) in [6, 6.07) is 8.72. The maximum atomic E-state index is 11.9. The summed E-state index contributed by atoms with van der Waals surface area (Å²) in [6.07, 6.45) is 1.41. The molecule has 0 saturated heterocycles. The quantitative estimate of drug-likeness (QED) is 0.659. The van der Waals surface area contributed by atoms with Gasteiger partial charge in [-0.25, -0.2) is 0 Å². The molecule has 0 atom stereocenters. The van der Waals surface area contributed by atoms with Crippen LogP contribution >= 0.6 is 11.6 Å². The number of carbonyl (C=O) groups is 1. The van der Waals surface area contributed by atoms with E-state index in [0.717, 1.165) is 0 Å². The lowest BCUT2D eigenvalue weighted by Crippen LogP contribution is -2.32. The number of rotatable bonds is 3. The maximum absolute atomic E-state index is 11.9. The molecule has 1 rings (SSSR count). The van der Waals surface area contributed by atoms with Crippen LogP contribution in [0, 0.1) is 11.3 Å². The Morgan fingerprint density at radius 2 is 2.00 bits per heavy atom. The zero-order valence-electron chi connectivity index (χ0n) is 11.1. The van der Waals surface area contributed by atoms with Crippen LogP contribution in [-0.4, -0.2) is 11.4 Å². The number of nitrogens with zero attached hydrogens (tertiary/aromatic N) is 1. The fraction of sp³-hybridized carbons (Fsp3) is 0.286. The number of anilines is 1. The van der Waals surface area contributed by atoms with Crippen molar-refractivity contribution in [2.45, 2.75) is 26.3 Å². The van der Waals surface area contributed by atoms with Gasteiger partial charge in [-0.3, -0.25) is 4.79 Å². The van der Waals surface area contributed by atoms with E-state index < -0.39 is 5.91 Å². The van der Waals surface area contributed by atoms with Crippen molar-refractivity contribution in [3.8, 4) is 6.07 Å². The molecule has 4 nitrogen and oxygen atoms in total. The molecule has 0 bridgehead atoms. The second kappa shape index (κ2) is 6.26. The summed E-state index contributed by atoms with van der Waals surface area (Å²) < 4.78 is 0. The van der Waals surface area contributed by atoms with Crippen LogP contribution in [0.2, 0.25) is 5.02 Å². The lowest BCUT2D eigenvalue weighted by molar-refractivity contribution is -0.112. The predicted octanol–water partition coefficient (Wildman–Crippen LogP) is 3.07. The molecule has 0 spiro atoms. The fourth-order valence-corrected chi connectivity index (χ4v) is 1.37. The Balaban J connectivity index is 2.82. The Bertz CT molecular complexity index is 538. The van der Waals surface area contributed by atoms with E-state index in [1.807, 2.05) is 26.8 Å². The van der Waals surface area contributed by atoms with Crippen LogP contribution in [0.15, 0.2) is 36.0 Å². The van der Waals surface area contributed by atoms with E-state index in [2.05, 4.69) is 10.6 Å². The fourth-order valence-electron chi connectivity index (χ4n) is 1.19. The van der Waals surface area contributed by atoms with Gasteiger partial charge in [0.05, 0.1) is 10.7 Å². The van der Waals surface area contributed by atoms with E-state index in [4.69, 9.17) is 16.9 Å². The van der Waals surface area contributed by atoms with E-state index in [0.29, 0.717) is 10.7 Å². The molecular weight excluding hydrogens is 262 g/mol. The summed E-state index contributed by atoms with van der Waals surface area (Å²) in [6.45, 7) is 5.80. The first-order chi connectivity index (χ1) is 8.83. The number of nitriles is 1. The minimum absolute atomic E-state index is 0.00477. The second-order valence-corrected chi connectivity index (χ2v) is 5.41. The van der Waals surface area contributed by atoms with E-state index in [1.165, 1.54) is 6.20 Å². The van der Waals surface area contributed by atoms with Crippen LogP contribution in [-0.2, 0) is 4.79 Å². The molecule has 0 aliphatic carbocycles. The number of halogens is 1. The van der Waals surface area contributed by atoms with Crippen molar-refractivity contribution >= 4 is 23.2 Å². The van der Waals surface area contributed by atoms with Crippen molar-refractivity contribution in [2.75, 3.05) is 5.32 Å². The van der Waals surface area contributed by atoms with Crippen LogP contribution in [0.3, 0.4) is 0 Å². The monoisotopic (exact) mass is 277 g/mol. The molecule has 0 saturated carbocycles. The highest BCUT2D eigenvalue weighted by molar-refractivity contribution is 6.33. The number of para-hydroxylation sites is 1. The number of hydrogen-bond donors (Lipinski definition) is 2. The van der Waals surface area contributed by atoms with Gasteiger partial charge in [0.1, 0.15) is 11.6 Å². The van der Waals surface area contributed by atoms with Crippen LogP contribution in [0.5, 0.6) is 0 Å². The average Bonchev–Trinajstić information content (AvgIpc) is 2.31. The van der Waals surface area contributed by atoms with Gasteiger partial charge in [0.2, 0.25) is 0 Å². The third-order valence-corrected chi connectivity index (χ3v) is 2.47. The minimum atomic E-state index is -0.493. The number of amides is 1. The number of hydrogen-bond acceptors (Lipinski definition) is 3. The first kappa shape index (κ1) is 15.1. The Morgan fingerprint density at radius 1 is 1.37 bits per heavy atom. The number of carbonyl (C=O) groups excluding carboxylic acids is 1. The highest BCUT2D eigenvalue weighted by Crippen LogP contribution is 2.20. The largest absolute Gasteiger partial charge is 0.385 e. The Kier molecular flexibility index (Phi) is 4.96. The van der Waals surface area contributed by atoms with Crippen LogP contribution in [0.4, 0.5) is 5.69 Å². The number of nitrogens with one attached hydrogen (secondary N) is 2. The molecule has 1 amide bonds. The van der Waals surface area contributed by atoms with Crippen LogP contribution in [0.1, 0.15) is 20.8 Å². The molecular formula is C14H16ClN3O. The molecule has 0 fully saturated rings. The van der Waals surface area contributed by atoms with Gasteiger partial charge in [-0.1, -0.05) is 23.7 Å². The summed E-state index contributed by atoms with van der Waals surface area (Å²) in [7, 11) is 0. The van der Waals surface area contributed by atoms with Crippen molar-refractivity contribution in [3.63, 3.8) is 0 Å². The summed E-state index contributed by atoms with van der Waals surface area (Å²) in [4.78, 5) is 11.9. The Morgan fingerprint density at radius 3 is 2.53 bits per heavy atom. The van der Waals surface area contributed by atoms with E-state index in [-0.39, 0.29) is 11.1 Å². The molecule has 19 heavy (non-hydrogen) atoms. The van der Waals surface area contributed by atoms with E-state index in [9.17, 15) is 4.79 Å². The summed E-state index contributed by atoms with van der Waals surface area (Å²) in [5.74, 6) is -0.493. The van der Waals surface area contributed by atoms with Gasteiger partial charge in [-0.15, -0.1) is 0 Å². The summed E-state index contributed by atoms with van der Waals surface area (Å²) >= 11 is 5.93. The third kappa shape index (κ3) is 5.02. The lowest BCUT2D eigenvalue weighted by Gasteiger charge is -2.18. The predicted molar refractivity (Wildman–Crippen MR) is 76.7 cm³/mol. The van der Waals surface area contributed by atoms with Gasteiger partial charge >= 0.3 is 0 Å². The highest BCUT2D eigenvalue weighted by atomic mass is 35.5. The topological polar surface area (TPSA) is 64.9 Å². The van der Waals surface area contributed by atoms with Gasteiger partial charge in [0.25, 0.3) is 5.91 Å². The molecule has 5 heteroatoms. The second-order valence-electron chi connectivity index (χ2n) is 5.00. The normalized spacial score (nSPS) is 11.6. The standard InChI is InChI=1S/C14H16ClN3O/c1-14(2,3)17-9-10(8-16)13(19)18-12-7-5-4-6-11(12)15/h4-7,9,17H,1-3H3,(H,18,19)/b10-9-. The molecule has 2 N–H and O–H groups in total. The smallest absolute Gasteiger partial charge is 0.267 e. The molecule has 1 aromatic carbocycles. The van der Waals surface area contributed by atoms with E-state index in [1.54, 1.807) is 24.3 Å². The third-order valence-electron chi connectivity index (χ3n) is 2.14. The van der Waals surface area contributed by atoms with Gasteiger partial charge in [0, 0.05) is 11.7 Å². The maximum Gasteiger partial charge on any atom is 0.267 e. The molecule has 0 radical (unpaired) electrons. The number of benzene rings is 1. The SMILES string of the molecule is CC(C)(C)N/C=C(/C#N)C(=O)Nc1ccccc1Cl. The highest BCUT2D eigenvalue weighted by Gasteiger charge is 2.13. The lowest BCUT2D eigenvalue weighted by atomic mass is 10.1. The Hall–Kier alpha value is -1.99. The molecule has 100 valence electrons. The first-order valence-electron chi connectivity index (χ1n) is 5.77. The Labute approximate surface area is 118 Å². The van der Waals surface area contributed by atoms with Crippen molar-refractivity contribution in [2.24, 2.45) is 0 Å². The molecule has 0 aliphatic heterocycles.